The second-order valence-electron chi connectivity index (χ2n) is 12.5. The van der Waals surface area contributed by atoms with Crippen LogP contribution in [-0.2, 0) is 20.7 Å². The lowest BCUT2D eigenvalue weighted by molar-refractivity contribution is 0.0486. The second-order valence-corrected chi connectivity index (χ2v) is 14.4. The highest BCUT2D eigenvalue weighted by atomic mass is 31.1. The number of unbranched alkanes of at least 4 members (excludes halogenated alkanes) is 2. The highest BCUT2D eigenvalue weighted by Gasteiger charge is 2.36. The quantitative estimate of drug-likeness (QED) is 0.131. The highest BCUT2D eigenvalue weighted by Crippen LogP contribution is 2.52. The molecule has 0 radical (unpaired) electrons. The molecule has 2 aromatic rings. The summed E-state index contributed by atoms with van der Waals surface area (Å²) in [6.07, 6.45) is 4.53. The minimum Gasteiger partial charge on any atom is -0.467 e. The summed E-state index contributed by atoms with van der Waals surface area (Å²) in [7, 11) is 2.12. The summed E-state index contributed by atoms with van der Waals surface area (Å²) in [5.74, 6) is 1.08. The Balaban J connectivity index is 2.87. The van der Waals surface area contributed by atoms with E-state index in [1.54, 1.807) is 14.0 Å². The van der Waals surface area contributed by atoms with Gasteiger partial charge in [0.2, 0.25) is 0 Å². The van der Waals surface area contributed by atoms with Crippen molar-refractivity contribution in [2.24, 2.45) is 0 Å². The number of rotatable bonds is 11. The fourth-order valence-electron chi connectivity index (χ4n) is 4.65. The summed E-state index contributed by atoms with van der Waals surface area (Å²) in [5, 5.41) is 0.960. The van der Waals surface area contributed by atoms with Crippen LogP contribution in [0, 0.1) is 6.92 Å². The Labute approximate surface area is 222 Å². The van der Waals surface area contributed by atoms with E-state index >= 15 is 0 Å². The minimum absolute atomic E-state index is 0.00359. The number of Topliss-reactive ketones (excluding diaryl/α,β-unsaturated/α-hetero) is 1. The number of hydrogen-bond donors (Lipinski definition) is 0. The maximum atomic E-state index is 12.6. The van der Waals surface area contributed by atoms with E-state index in [-0.39, 0.29) is 28.6 Å². The molecule has 2 aromatic carbocycles. The van der Waals surface area contributed by atoms with Crippen LogP contribution in [-0.4, -0.2) is 19.7 Å². The van der Waals surface area contributed by atoms with E-state index in [9.17, 15) is 4.79 Å². The molecule has 0 saturated carbocycles. The predicted molar refractivity (Wildman–Crippen MR) is 157 cm³/mol. The van der Waals surface area contributed by atoms with Gasteiger partial charge in [0.05, 0.1) is 0 Å². The van der Waals surface area contributed by atoms with Crippen molar-refractivity contribution in [1.82, 2.24) is 0 Å². The summed E-state index contributed by atoms with van der Waals surface area (Å²) in [6.45, 7) is 22.2. The van der Waals surface area contributed by atoms with E-state index in [0.29, 0.717) is 8.58 Å². The van der Waals surface area contributed by atoms with E-state index in [0.717, 1.165) is 35.0 Å². The SMILES string of the molecule is CCCCCC(C)(Pc1ccc(C)cc1C(C)=O)c1cc(C(C)(C)C)cc(C(C)(C)C)c1OCOC. The van der Waals surface area contributed by atoms with Crippen LogP contribution in [0.1, 0.15) is 121 Å². The molecule has 2 unspecified atom stereocenters. The van der Waals surface area contributed by atoms with Gasteiger partial charge in [0.15, 0.2) is 12.6 Å². The molecule has 0 spiro atoms. The van der Waals surface area contributed by atoms with Crippen molar-refractivity contribution >= 4 is 19.7 Å². The predicted octanol–water partition coefficient (Wildman–Crippen LogP) is 8.57. The molecule has 0 aromatic heterocycles. The first-order valence-corrected chi connectivity index (χ1v) is 14.3. The number of ether oxygens (including phenoxy) is 2. The van der Waals surface area contributed by atoms with Gasteiger partial charge in [-0.1, -0.05) is 113 Å². The van der Waals surface area contributed by atoms with Crippen LogP contribution in [0.2, 0.25) is 0 Å². The molecule has 0 heterocycles. The Hall–Kier alpha value is -1.70. The Kier molecular flexibility index (Phi) is 10.4. The first-order chi connectivity index (χ1) is 16.6. The summed E-state index contributed by atoms with van der Waals surface area (Å²) >= 11 is 0. The van der Waals surface area contributed by atoms with Gasteiger partial charge in [-0.05, 0) is 48.0 Å². The molecule has 0 saturated heterocycles. The number of carbonyl (C=O) groups excluding carboxylic acids is 1. The van der Waals surface area contributed by atoms with Gasteiger partial charge in [0.1, 0.15) is 5.75 Å². The molecule has 0 aliphatic rings. The van der Waals surface area contributed by atoms with Crippen molar-refractivity contribution in [2.45, 2.75) is 111 Å². The molecule has 200 valence electrons. The zero-order valence-corrected chi connectivity index (χ0v) is 25.6. The maximum absolute atomic E-state index is 12.6. The number of hydrogen-bond acceptors (Lipinski definition) is 3. The molecular formula is C32H49O3P. The van der Waals surface area contributed by atoms with E-state index in [1.165, 1.54) is 29.5 Å². The van der Waals surface area contributed by atoms with Gasteiger partial charge in [-0.25, -0.2) is 0 Å². The third-order valence-corrected chi connectivity index (χ3v) is 8.70. The fourth-order valence-corrected chi connectivity index (χ4v) is 6.42. The van der Waals surface area contributed by atoms with Gasteiger partial charge in [-0.2, -0.15) is 0 Å². The lowest BCUT2D eigenvalue weighted by Gasteiger charge is -2.37. The highest BCUT2D eigenvalue weighted by molar-refractivity contribution is 7.48. The zero-order chi connectivity index (χ0) is 27.3. The Morgan fingerprint density at radius 3 is 2.08 bits per heavy atom. The number of benzene rings is 2. The third kappa shape index (κ3) is 7.65. The van der Waals surface area contributed by atoms with Gasteiger partial charge in [0.25, 0.3) is 0 Å². The van der Waals surface area contributed by atoms with Crippen molar-refractivity contribution in [2.75, 3.05) is 13.9 Å². The number of ketones is 1. The first kappa shape index (κ1) is 30.5. The smallest absolute Gasteiger partial charge is 0.188 e. The monoisotopic (exact) mass is 512 g/mol. The Morgan fingerprint density at radius 2 is 1.56 bits per heavy atom. The van der Waals surface area contributed by atoms with E-state index in [4.69, 9.17) is 9.47 Å². The third-order valence-electron chi connectivity index (χ3n) is 6.92. The molecule has 0 fully saturated rings. The molecule has 4 heteroatoms. The van der Waals surface area contributed by atoms with Gasteiger partial charge in [0, 0.05) is 29.0 Å². The average Bonchev–Trinajstić information content (AvgIpc) is 2.77. The van der Waals surface area contributed by atoms with Gasteiger partial charge < -0.3 is 9.47 Å². The zero-order valence-electron chi connectivity index (χ0n) is 24.6. The number of methoxy groups -OCH3 is 1. The molecule has 0 aliphatic carbocycles. The van der Waals surface area contributed by atoms with Crippen molar-refractivity contribution < 1.29 is 14.3 Å². The minimum atomic E-state index is -0.182. The first-order valence-electron chi connectivity index (χ1n) is 13.3. The second kappa shape index (κ2) is 12.2. The molecule has 0 bridgehead atoms. The Morgan fingerprint density at radius 1 is 0.917 bits per heavy atom. The van der Waals surface area contributed by atoms with Crippen LogP contribution in [0.25, 0.3) is 0 Å². The summed E-state index contributed by atoms with van der Waals surface area (Å²) in [6, 6.07) is 11.1. The van der Waals surface area contributed by atoms with Crippen molar-refractivity contribution in [1.29, 1.82) is 0 Å². The number of aryl methyl sites for hydroxylation is 1. The summed E-state index contributed by atoms with van der Waals surface area (Å²) in [4.78, 5) is 12.6. The van der Waals surface area contributed by atoms with Gasteiger partial charge >= 0.3 is 0 Å². The van der Waals surface area contributed by atoms with Crippen molar-refractivity contribution in [3.8, 4) is 5.75 Å². The Bertz CT molecular complexity index is 1040. The molecule has 2 rings (SSSR count). The molecule has 0 aliphatic heterocycles. The van der Waals surface area contributed by atoms with Crippen LogP contribution < -0.4 is 10.0 Å². The van der Waals surface area contributed by atoms with E-state index in [2.05, 4.69) is 86.6 Å². The lowest BCUT2D eigenvalue weighted by atomic mass is 9.76. The van der Waals surface area contributed by atoms with Gasteiger partial charge in [-0.3, -0.25) is 4.79 Å². The summed E-state index contributed by atoms with van der Waals surface area (Å²) < 4.78 is 11.8. The van der Waals surface area contributed by atoms with E-state index in [1.807, 2.05) is 6.07 Å². The van der Waals surface area contributed by atoms with Crippen LogP contribution in [0.5, 0.6) is 5.75 Å². The largest absolute Gasteiger partial charge is 0.467 e. The fraction of sp³-hybridized carbons (Fsp3) is 0.594. The average molecular weight is 513 g/mol. The van der Waals surface area contributed by atoms with Crippen LogP contribution >= 0.6 is 8.58 Å². The molecule has 3 nitrogen and oxygen atoms in total. The number of carbonyl (C=O) groups is 1. The normalized spacial score (nSPS) is 14.3. The van der Waals surface area contributed by atoms with Crippen molar-refractivity contribution in [3.63, 3.8) is 0 Å². The lowest BCUT2D eigenvalue weighted by Crippen LogP contribution is -2.27. The van der Waals surface area contributed by atoms with E-state index < -0.39 is 0 Å². The molecule has 36 heavy (non-hydrogen) atoms. The molecule has 0 amide bonds. The van der Waals surface area contributed by atoms with Gasteiger partial charge in [-0.15, -0.1) is 0 Å². The molecular weight excluding hydrogens is 463 g/mol. The molecule has 2 atom stereocenters. The summed E-state index contributed by atoms with van der Waals surface area (Å²) in [5.41, 5.74) is 5.63. The van der Waals surface area contributed by atoms with Crippen LogP contribution in [0.3, 0.4) is 0 Å². The maximum Gasteiger partial charge on any atom is 0.188 e. The standard InChI is InChI=1S/C32H49O3P/c1-12-13-14-17-32(10,36-28-16-15-22(2)18-25(28)23(3)33)27-20-24(30(4,5)6)19-26(31(7,8)9)29(27)35-21-34-11/h15-16,18-20,36H,12-14,17,21H2,1-11H3. The topological polar surface area (TPSA) is 35.5 Å². The van der Waals surface area contributed by atoms with Crippen LogP contribution in [0.4, 0.5) is 0 Å². The molecule has 0 N–H and O–H groups in total. The van der Waals surface area contributed by atoms with Crippen molar-refractivity contribution in [3.05, 3.63) is 58.1 Å². The van der Waals surface area contributed by atoms with Crippen LogP contribution in [0.15, 0.2) is 30.3 Å².